The molecule has 4 rings (SSSR count). The smallest absolute Gasteiger partial charge is 0.232 e. The molecule has 1 saturated heterocycles. The van der Waals surface area contributed by atoms with E-state index in [0.29, 0.717) is 29.7 Å². The number of halogens is 1. The summed E-state index contributed by atoms with van der Waals surface area (Å²) in [5, 5.41) is 4.68. The molecular formula is C21H20ClN3O2. The van der Waals surface area contributed by atoms with Crippen LogP contribution >= 0.6 is 11.6 Å². The first-order valence-corrected chi connectivity index (χ1v) is 9.43. The quantitative estimate of drug-likeness (QED) is 0.652. The first kappa shape index (κ1) is 17.7. The normalized spacial score (nSPS) is 16.9. The second kappa shape index (κ2) is 7.16. The highest BCUT2D eigenvalue weighted by atomic mass is 35.5. The van der Waals surface area contributed by atoms with Crippen molar-refractivity contribution in [3.05, 3.63) is 64.5 Å². The Hall–Kier alpha value is -2.66. The lowest BCUT2D eigenvalue weighted by Crippen LogP contribution is -2.25. The number of para-hydroxylation sites is 1. The lowest BCUT2D eigenvalue weighted by atomic mass is 10.1. The molecule has 0 aliphatic carbocycles. The Labute approximate surface area is 163 Å². The molecule has 5 nitrogen and oxygen atoms in total. The topological polar surface area (TPSA) is 59.2 Å². The summed E-state index contributed by atoms with van der Waals surface area (Å²) in [5.74, 6) is 0.921. The predicted octanol–water partition coefficient (Wildman–Crippen LogP) is 4.78. The maximum Gasteiger partial charge on any atom is 0.232 e. The van der Waals surface area contributed by atoms with E-state index in [1.165, 1.54) is 5.56 Å². The van der Waals surface area contributed by atoms with Gasteiger partial charge in [-0.2, -0.15) is 4.98 Å². The summed E-state index contributed by atoms with van der Waals surface area (Å²) >= 11 is 6.33. The highest BCUT2D eigenvalue weighted by molar-refractivity contribution is 6.34. The Morgan fingerprint density at radius 2 is 2.00 bits per heavy atom. The number of hydrogen-bond donors (Lipinski definition) is 0. The summed E-state index contributed by atoms with van der Waals surface area (Å²) in [6.07, 6.45) is 1.32. The number of nitrogens with zero attached hydrogens (tertiary/aromatic N) is 3. The molecule has 2 aromatic carbocycles. The minimum absolute atomic E-state index is 0.0169. The van der Waals surface area contributed by atoms with E-state index < -0.39 is 0 Å². The highest BCUT2D eigenvalue weighted by Crippen LogP contribution is 2.37. The molecule has 0 saturated carbocycles. The third kappa shape index (κ3) is 3.35. The van der Waals surface area contributed by atoms with Crippen molar-refractivity contribution in [3.63, 3.8) is 0 Å². The molecule has 138 valence electrons. The average molecular weight is 382 g/mol. The van der Waals surface area contributed by atoms with Crippen LogP contribution in [0.15, 0.2) is 47.0 Å². The van der Waals surface area contributed by atoms with Crippen molar-refractivity contribution in [2.24, 2.45) is 0 Å². The van der Waals surface area contributed by atoms with Gasteiger partial charge >= 0.3 is 0 Å². The van der Waals surface area contributed by atoms with Gasteiger partial charge in [-0.1, -0.05) is 60.1 Å². The van der Waals surface area contributed by atoms with Gasteiger partial charge in [-0.3, -0.25) is 4.79 Å². The molecule has 1 aliphatic heterocycles. The van der Waals surface area contributed by atoms with Crippen LogP contribution in [-0.4, -0.2) is 22.6 Å². The Morgan fingerprint density at radius 1 is 1.22 bits per heavy atom. The van der Waals surface area contributed by atoms with Crippen molar-refractivity contribution < 1.29 is 9.32 Å². The van der Waals surface area contributed by atoms with Gasteiger partial charge in [0.05, 0.1) is 16.6 Å². The maximum absolute atomic E-state index is 12.6. The van der Waals surface area contributed by atoms with Gasteiger partial charge in [0, 0.05) is 18.5 Å². The van der Waals surface area contributed by atoms with Crippen molar-refractivity contribution >= 4 is 23.2 Å². The summed E-state index contributed by atoms with van der Waals surface area (Å²) in [5.41, 5.74) is 3.90. The summed E-state index contributed by atoms with van der Waals surface area (Å²) in [6, 6.07) is 13.7. The zero-order valence-electron chi connectivity index (χ0n) is 15.3. The molecule has 1 atom stereocenters. The van der Waals surface area contributed by atoms with Crippen LogP contribution in [0.2, 0.25) is 5.02 Å². The SMILES string of the molecule is CCc1ccc(-c2noc(C3CC(=O)N(c4c(C)cccc4Cl)C3)n2)cc1. The van der Waals surface area contributed by atoms with Gasteiger partial charge < -0.3 is 9.42 Å². The number of carbonyl (C=O) groups excluding carboxylic acids is 1. The number of anilines is 1. The summed E-state index contributed by atoms with van der Waals surface area (Å²) in [6.45, 7) is 4.55. The Bertz CT molecular complexity index is 961. The summed E-state index contributed by atoms with van der Waals surface area (Å²) in [7, 11) is 0. The Balaban J connectivity index is 1.57. The molecule has 1 aromatic heterocycles. The zero-order chi connectivity index (χ0) is 19.0. The molecule has 1 amide bonds. The van der Waals surface area contributed by atoms with E-state index in [1.807, 2.05) is 31.2 Å². The lowest BCUT2D eigenvalue weighted by molar-refractivity contribution is -0.117. The number of amides is 1. The van der Waals surface area contributed by atoms with Crippen LogP contribution in [0, 0.1) is 6.92 Å². The van der Waals surface area contributed by atoms with E-state index in [4.69, 9.17) is 16.1 Å². The van der Waals surface area contributed by atoms with E-state index >= 15 is 0 Å². The number of hydrogen-bond acceptors (Lipinski definition) is 4. The number of benzene rings is 2. The van der Waals surface area contributed by atoms with Gasteiger partial charge in [-0.25, -0.2) is 0 Å². The molecule has 27 heavy (non-hydrogen) atoms. The zero-order valence-corrected chi connectivity index (χ0v) is 16.0. The van der Waals surface area contributed by atoms with Gasteiger partial charge in [0.2, 0.25) is 17.6 Å². The third-order valence-electron chi connectivity index (χ3n) is 4.99. The van der Waals surface area contributed by atoms with Crippen LogP contribution in [0.5, 0.6) is 0 Å². The van der Waals surface area contributed by atoms with Crippen LogP contribution in [0.25, 0.3) is 11.4 Å². The van der Waals surface area contributed by atoms with E-state index in [1.54, 1.807) is 11.0 Å². The standard InChI is InChI=1S/C21H20ClN3O2/c1-3-14-7-9-15(10-8-14)20-23-21(27-24-20)16-11-18(26)25(12-16)19-13(2)5-4-6-17(19)22/h4-10,16H,3,11-12H2,1-2H3. The highest BCUT2D eigenvalue weighted by Gasteiger charge is 2.36. The second-order valence-corrected chi connectivity index (χ2v) is 7.22. The van der Waals surface area contributed by atoms with Crippen LogP contribution in [0.4, 0.5) is 5.69 Å². The molecular weight excluding hydrogens is 362 g/mol. The number of carbonyl (C=O) groups is 1. The second-order valence-electron chi connectivity index (χ2n) is 6.82. The lowest BCUT2D eigenvalue weighted by Gasteiger charge is -2.20. The fraction of sp³-hybridized carbons (Fsp3) is 0.286. The first-order chi connectivity index (χ1) is 13.1. The largest absolute Gasteiger partial charge is 0.339 e. The molecule has 0 spiro atoms. The van der Waals surface area contributed by atoms with Gasteiger partial charge in [0.15, 0.2) is 0 Å². The fourth-order valence-electron chi connectivity index (χ4n) is 3.46. The number of rotatable bonds is 4. The van der Waals surface area contributed by atoms with Crippen LogP contribution in [0.3, 0.4) is 0 Å². The molecule has 0 N–H and O–H groups in total. The van der Waals surface area contributed by atoms with Crippen molar-refractivity contribution in [1.82, 2.24) is 10.1 Å². The monoisotopic (exact) mass is 381 g/mol. The van der Waals surface area contributed by atoms with Gasteiger partial charge in [-0.15, -0.1) is 0 Å². The maximum atomic E-state index is 12.6. The Kier molecular flexibility index (Phi) is 4.70. The van der Waals surface area contributed by atoms with E-state index in [0.717, 1.165) is 23.2 Å². The third-order valence-corrected chi connectivity index (χ3v) is 5.30. The first-order valence-electron chi connectivity index (χ1n) is 9.05. The van der Waals surface area contributed by atoms with Gasteiger partial charge in [0.25, 0.3) is 0 Å². The van der Waals surface area contributed by atoms with Gasteiger partial charge in [-0.05, 0) is 30.5 Å². The summed E-state index contributed by atoms with van der Waals surface area (Å²) in [4.78, 5) is 18.8. The molecule has 0 radical (unpaired) electrons. The number of aromatic nitrogens is 2. The van der Waals surface area contributed by atoms with Crippen LogP contribution < -0.4 is 4.90 Å². The molecule has 6 heteroatoms. The van der Waals surface area contributed by atoms with Crippen molar-refractivity contribution in [2.45, 2.75) is 32.6 Å². The molecule has 1 aliphatic rings. The predicted molar refractivity (Wildman–Crippen MR) is 105 cm³/mol. The van der Waals surface area contributed by atoms with Crippen LogP contribution in [0.1, 0.15) is 36.3 Å². The van der Waals surface area contributed by atoms with E-state index in [-0.39, 0.29) is 11.8 Å². The minimum atomic E-state index is -0.135. The van der Waals surface area contributed by atoms with E-state index in [9.17, 15) is 4.79 Å². The summed E-state index contributed by atoms with van der Waals surface area (Å²) < 4.78 is 5.48. The molecule has 0 bridgehead atoms. The molecule has 1 unspecified atom stereocenters. The molecule has 1 fully saturated rings. The number of aryl methyl sites for hydroxylation is 2. The Morgan fingerprint density at radius 3 is 2.70 bits per heavy atom. The van der Waals surface area contributed by atoms with Crippen molar-refractivity contribution in [1.29, 1.82) is 0 Å². The molecule has 2 heterocycles. The van der Waals surface area contributed by atoms with E-state index in [2.05, 4.69) is 29.2 Å². The minimum Gasteiger partial charge on any atom is -0.339 e. The van der Waals surface area contributed by atoms with Gasteiger partial charge in [0.1, 0.15) is 0 Å². The van der Waals surface area contributed by atoms with Crippen LogP contribution in [-0.2, 0) is 11.2 Å². The van der Waals surface area contributed by atoms with Crippen molar-refractivity contribution in [2.75, 3.05) is 11.4 Å². The fourth-order valence-corrected chi connectivity index (χ4v) is 3.79. The van der Waals surface area contributed by atoms with Crippen molar-refractivity contribution in [3.8, 4) is 11.4 Å². The molecule has 3 aromatic rings. The average Bonchev–Trinajstić information content (AvgIpc) is 3.29.